The molecule has 0 spiro atoms. The van der Waals surface area contributed by atoms with Gasteiger partial charge in [0, 0.05) is 0 Å². The Morgan fingerprint density at radius 2 is 0.784 bits per heavy atom. The van der Waals surface area contributed by atoms with Gasteiger partial charge in [0.2, 0.25) is 0 Å². The van der Waals surface area contributed by atoms with Crippen LogP contribution < -0.4 is 15.6 Å². The van der Waals surface area contributed by atoms with Gasteiger partial charge in [-0.15, -0.1) is 0 Å². The normalized spacial score (nSPS) is 14.9. The van der Waals surface area contributed by atoms with Crippen molar-refractivity contribution >= 4 is 67.2 Å². The van der Waals surface area contributed by atoms with Crippen molar-refractivity contribution in [3.05, 3.63) is 200 Å². The van der Waals surface area contributed by atoms with E-state index in [1.807, 2.05) is 0 Å². The molecule has 0 aliphatic heterocycles. The van der Waals surface area contributed by atoms with Crippen LogP contribution in [0.4, 0.5) is 0 Å². The van der Waals surface area contributed by atoms with Crippen molar-refractivity contribution in [1.82, 2.24) is 9.13 Å². The predicted molar refractivity (Wildman–Crippen MR) is 221 cm³/mol. The summed E-state index contributed by atoms with van der Waals surface area (Å²) in [4.78, 5) is 0. The van der Waals surface area contributed by atoms with Crippen LogP contribution in [-0.2, 0) is 0 Å². The molecule has 1 aliphatic carbocycles. The molecule has 7 aromatic carbocycles. The van der Waals surface area contributed by atoms with Crippen molar-refractivity contribution in [3.63, 3.8) is 0 Å². The number of hydrogen-bond acceptors (Lipinski definition) is 0. The van der Waals surface area contributed by atoms with E-state index in [9.17, 15) is 0 Å². The number of fused-ring (bicyclic) bond motifs is 6. The molecule has 244 valence electrons. The molecule has 0 radical (unpaired) electrons. The molecule has 0 amide bonds. The fourth-order valence-electron chi connectivity index (χ4n) is 9.34. The summed E-state index contributed by atoms with van der Waals surface area (Å²) in [7, 11) is -3.20. The zero-order valence-electron chi connectivity index (χ0n) is 28.3. The van der Waals surface area contributed by atoms with E-state index in [0.717, 1.165) is 6.42 Å². The Kier molecular flexibility index (Phi) is 7.00. The molecule has 1 atom stereocenters. The molecule has 1 aliphatic rings. The second kappa shape index (κ2) is 12.0. The standard InChI is InChI=1S/C48H37N2Si/c1-4-18-37(19-5-1)51(38-20-6-2-7-21-38,39-22-8-3-9-23-39)40-33-35(49-45-28-14-10-24-41(45)42-25-11-15-29-46(42)49)32-36(34-40)50-47-30-16-12-26-43(47)44-27-13-17-31-48(44)50/h1-22,24-34,39,51H,23H2/q-1. The van der Waals surface area contributed by atoms with Crippen molar-refractivity contribution in [2.24, 2.45) is 0 Å². The average Bonchev–Trinajstić information content (AvgIpc) is 3.73. The van der Waals surface area contributed by atoms with Gasteiger partial charge in [-0.25, -0.2) is 0 Å². The zero-order chi connectivity index (χ0) is 33.8. The fourth-order valence-corrected chi connectivity index (χ4v) is 15.5. The summed E-state index contributed by atoms with van der Waals surface area (Å²) in [5.41, 5.74) is 7.62. The Bertz CT molecular complexity index is 2510. The first-order valence-electron chi connectivity index (χ1n) is 18.1. The number of rotatable bonds is 6. The summed E-state index contributed by atoms with van der Waals surface area (Å²) in [6.07, 6.45) is 10.4. The Hall–Kier alpha value is -6.16. The molecule has 10 rings (SSSR count). The molecule has 0 N–H and O–H groups in total. The van der Waals surface area contributed by atoms with Crippen molar-refractivity contribution in [1.29, 1.82) is 0 Å². The molecular weight excluding hydrogens is 633 g/mol. The average molecular weight is 670 g/mol. The van der Waals surface area contributed by atoms with Gasteiger partial charge in [-0.1, -0.05) is 0 Å². The first kappa shape index (κ1) is 29.7. The van der Waals surface area contributed by atoms with Gasteiger partial charge in [0.05, 0.1) is 0 Å². The van der Waals surface area contributed by atoms with Crippen LogP contribution in [0, 0.1) is 0 Å². The van der Waals surface area contributed by atoms with Crippen molar-refractivity contribution in [2.45, 2.75) is 12.0 Å². The summed E-state index contributed by atoms with van der Waals surface area (Å²) >= 11 is 0. The van der Waals surface area contributed by atoms with Crippen LogP contribution in [0.1, 0.15) is 6.42 Å². The third kappa shape index (κ3) is 4.55. The van der Waals surface area contributed by atoms with Gasteiger partial charge in [-0.2, -0.15) is 0 Å². The molecule has 2 nitrogen and oxygen atoms in total. The molecular formula is C48H37N2Si-. The molecule has 3 heteroatoms. The molecule has 9 aromatic rings. The second-order valence-corrected chi connectivity index (χ2v) is 18.7. The quantitative estimate of drug-likeness (QED) is 0.123. The Morgan fingerprint density at radius 3 is 1.18 bits per heavy atom. The number of nitrogens with zero attached hydrogens (tertiary/aromatic N) is 2. The minimum absolute atomic E-state index is 0.353. The topological polar surface area (TPSA) is 9.86 Å². The summed E-state index contributed by atoms with van der Waals surface area (Å²) < 4.78 is 5.00. The molecule has 0 bridgehead atoms. The van der Waals surface area contributed by atoms with Crippen molar-refractivity contribution in [2.75, 3.05) is 0 Å². The number of para-hydroxylation sites is 4. The zero-order valence-corrected chi connectivity index (χ0v) is 29.5. The van der Waals surface area contributed by atoms with Crippen LogP contribution in [0.2, 0.25) is 5.54 Å². The van der Waals surface area contributed by atoms with E-state index in [4.69, 9.17) is 0 Å². The SMILES string of the molecule is C1=CCC([SiH-](c2ccccc2)(c2ccccc2)c2cc(-n3c4ccccc4c4ccccc43)cc(-n3c4ccccc4c4ccccc43)c2)C=C1. The first-order chi connectivity index (χ1) is 25.3. The van der Waals surface area contributed by atoms with Crippen LogP contribution in [0.3, 0.4) is 0 Å². The Labute approximate surface area is 298 Å². The van der Waals surface area contributed by atoms with E-state index in [1.54, 1.807) is 0 Å². The van der Waals surface area contributed by atoms with E-state index in [-0.39, 0.29) is 0 Å². The van der Waals surface area contributed by atoms with E-state index in [1.165, 1.54) is 70.5 Å². The monoisotopic (exact) mass is 669 g/mol. The van der Waals surface area contributed by atoms with E-state index >= 15 is 0 Å². The van der Waals surface area contributed by atoms with Crippen LogP contribution in [0.25, 0.3) is 55.0 Å². The number of hydrogen-bond donors (Lipinski definition) is 0. The number of benzene rings is 7. The summed E-state index contributed by atoms with van der Waals surface area (Å²) in [6, 6.07) is 65.9. The van der Waals surface area contributed by atoms with Crippen LogP contribution in [0.15, 0.2) is 200 Å². The van der Waals surface area contributed by atoms with Gasteiger partial charge >= 0.3 is 300 Å². The molecule has 51 heavy (non-hydrogen) atoms. The van der Waals surface area contributed by atoms with Gasteiger partial charge in [-0.05, 0) is 0 Å². The van der Waals surface area contributed by atoms with Gasteiger partial charge in [0.15, 0.2) is 0 Å². The molecule has 0 saturated heterocycles. The maximum absolute atomic E-state index is 3.20. The molecule has 1 unspecified atom stereocenters. The van der Waals surface area contributed by atoms with Crippen molar-refractivity contribution in [3.8, 4) is 11.4 Å². The summed E-state index contributed by atoms with van der Waals surface area (Å²) in [5.74, 6) is 0. The van der Waals surface area contributed by atoms with Crippen LogP contribution in [0.5, 0.6) is 0 Å². The number of allylic oxidation sites excluding steroid dienone is 4. The second-order valence-electron chi connectivity index (χ2n) is 14.0. The van der Waals surface area contributed by atoms with Gasteiger partial charge in [0.25, 0.3) is 0 Å². The third-order valence-corrected chi connectivity index (χ3v) is 17.5. The first-order valence-corrected chi connectivity index (χ1v) is 20.5. The van der Waals surface area contributed by atoms with E-state index < -0.39 is 8.07 Å². The molecule has 2 heterocycles. The molecule has 0 fully saturated rings. The summed E-state index contributed by atoms with van der Waals surface area (Å²) in [5, 5.41) is 9.43. The fraction of sp³-hybridized carbons (Fsp3) is 0.0417. The number of aromatic nitrogens is 2. The summed E-state index contributed by atoms with van der Waals surface area (Å²) in [6.45, 7) is 0. The molecule has 2 aromatic heterocycles. The Balaban J connectivity index is 1.39. The minimum atomic E-state index is -3.20. The van der Waals surface area contributed by atoms with Gasteiger partial charge in [0.1, 0.15) is 0 Å². The van der Waals surface area contributed by atoms with Crippen LogP contribution in [-0.4, -0.2) is 17.2 Å². The maximum atomic E-state index is 2.55. The predicted octanol–water partition coefficient (Wildman–Crippen LogP) is 9.97. The van der Waals surface area contributed by atoms with E-state index in [0.29, 0.717) is 5.54 Å². The van der Waals surface area contributed by atoms with Gasteiger partial charge < -0.3 is 0 Å². The Morgan fingerprint density at radius 1 is 0.392 bits per heavy atom. The van der Waals surface area contributed by atoms with Crippen molar-refractivity contribution < 1.29 is 0 Å². The van der Waals surface area contributed by atoms with E-state index in [2.05, 4.69) is 209 Å². The molecule has 0 saturated carbocycles. The van der Waals surface area contributed by atoms with Crippen LogP contribution >= 0.6 is 0 Å². The van der Waals surface area contributed by atoms with Gasteiger partial charge in [-0.3, -0.25) is 0 Å². The third-order valence-electron chi connectivity index (χ3n) is 11.4.